The van der Waals surface area contributed by atoms with E-state index in [1.54, 1.807) is 30.3 Å². The smallest absolute Gasteiger partial charge is 0.264 e. The highest BCUT2D eigenvalue weighted by molar-refractivity contribution is 7.92. The third-order valence-electron chi connectivity index (χ3n) is 5.21. The van der Waals surface area contributed by atoms with Crippen molar-refractivity contribution >= 4 is 21.6 Å². The maximum Gasteiger partial charge on any atom is 0.264 e. The van der Waals surface area contributed by atoms with Crippen molar-refractivity contribution in [3.05, 3.63) is 95.1 Å². The van der Waals surface area contributed by atoms with E-state index in [1.165, 1.54) is 12.1 Å². The lowest BCUT2D eigenvalue weighted by molar-refractivity contribution is -0.120. The van der Waals surface area contributed by atoms with Crippen molar-refractivity contribution in [2.75, 3.05) is 10.8 Å². The first-order valence-corrected chi connectivity index (χ1v) is 11.6. The minimum atomic E-state index is -3.90. The van der Waals surface area contributed by atoms with Gasteiger partial charge < -0.3 is 5.32 Å². The lowest BCUT2D eigenvalue weighted by Crippen LogP contribution is -2.41. The Morgan fingerprint density at radius 1 is 0.903 bits per heavy atom. The van der Waals surface area contributed by atoms with Crippen molar-refractivity contribution in [3.8, 4) is 0 Å². The molecule has 0 spiro atoms. The molecule has 1 atom stereocenters. The highest BCUT2D eigenvalue weighted by atomic mass is 32.2. The van der Waals surface area contributed by atoms with Crippen molar-refractivity contribution in [3.63, 3.8) is 0 Å². The zero-order valence-electron chi connectivity index (χ0n) is 18.3. The molecule has 3 aromatic carbocycles. The van der Waals surface area contributed by atoms with E-state index >= 15 is 0 Å². The molecule has 162 valence electrons. The van der Waals surface area contributed by atoms with Gasteiger partial charge in [0.25, 0.3) is 10.0 Å². The number of carbonyl (C=O) groups is 1. The second kappa shape index (κ2) is 9.35. The summed E-state index contributed by atoms with van der Waals surface area (Å²) in [5.74, 6) is -0.368. The molecule has 0 aliphatic carbocycles. The van der Waals surface area contributed by atoms with Crippen LogP contribution in [-0.2, 0) is 14.8 Å². The van der Waals surface area contributed by atoms with E-state index in [-0.39, 0.29) is 23.4 Å². The van der Waals surface area contributed by atoms with E-state index in [0.29, 0.717) is 5.69 Å². The van der Waals surface area contributed by atoms with Gasteiger partial charge in [-0.2, -0.15) is 0 Å². The number of aryl methyl sites for hydroxylation is 3. The standard InChI is InChI=1S/C25H28N2O3S/c1-18-10-13-22(14-11-18)27(31(29,30)23-8-6-5-7-9-23)17-25(28)26-21(4)24-15-12-19(2)16-20(24)3/h5-16,21H,17H2,1-4H3,(H,26,28)/t21-/m1/s1. The number of hydrogen-bond acceptors (Lipinski definition) is 3. The maximum atomic E-state index is 13.3. The Hall–Kier alpha value is -3.12. The molecule has 31 heavy (non-hydrogen) atoms. The number of anilines is 1. The average molecular weight is 437 g/mol. The minimum Gasteiger partial charge on any atom is -0.348 e. The van der Waals surface area contributed by atoms with E-state index in [1.807, 2.05) is 52.0 Å². The number of rotatable bonds is 7. The highest BCUT2D eigenvalue weighted by Gasteiger charge is 2.27. The molecule has 1 amide bonds. The molecule has 0 saturated carbocycles. The van der Waals surface area contributed by atoms with E-state index in [2.05, 4.69) is 11.4 Å². The lowest BCUT2D eigenvalue weighted by atomic mass is 10.0. The van der Waals surface area contributed by atoms with Crippen LogP contribution in [0, 0.1) is 20.8 Å². The number of carbonyl (C=O) groups excluding carboxylic acids is 1. The zero-order valence-corrected chi connectivity index (χ0v) is 19.1. The summed E-state index contributed by atoms with van der Waals surface area (Å²) in [6.07, 6.45) is 0. The molecule has 0 bridgehead atoms. The van der Waals surface area contributed by atoms with E-state index in [4.69, 9.17) is 0 Å². The van der Waals surface area contributed by atoms with Crippen LogP contribution in [0.15, 0.2) is 77.7 Å². The van der Waals surface area contributed by atoms with Crippen LogP contribution in [0.3, 0.4) is 0 Å². The minimum absolute atomic E-state index is 0.144. The van der Waals surface area contributed by atoms with Gasteiger partial charge in [-0.1, -0.05) is 59.7 Å². The maximum absolute atomic E-state index is 13.3. The Balaban J connectivity index is 1.88. The van der Waals surface area contributed by atoms with Crippen molar-refractivity contribution in [2.24, 2.45) is 0 Å². The van der Waals surface area contributed by atoms with E-state index in [0.717, 1.165) is 26.6 Å². The van der Waals surface area contributed by atoms with Crippen molar-refractivity contribution in [2.45, 2.75) is 38.6 Å². The number of sulfonamides is 1. The molecule has 1 N–H and O–H groups in total. The first-order chi connectivity index (χ1) is 14.7. The predicted molar refractivity (Wildman–Crippen MR) is 125 cm³/mol. The van der Waals surface area contributed by atoms with E-state index in [9.17, 15) is 13.2 Å². The van der Waals surface area contributed by atoms with Crippen LogP contribution in [0.2, 0.25) is 0 Å². The van der Waals surface area contributed by atoms with Gasteiger partial charge in [-0.25, -0.2) is 8.42 Å². The lowest BCUT2D eigenvalue weighted by Gasteiger charge is -2.25. The van der Waals surface area contributed by atoms with Crippen molar-refractivity contribution < 1.29 is 13.2 Å². The molecule has 0 saturated heterocycles. The third kappa shape index (κ3) is 5.33. The average Bonchev–Trinajstić information content (AvgIpc) is 2.73. The zero-order chi connectivity index (χ0) is 22.6. The Kier molecular flexibility index (Phi) is 6.81. The first-order valence-electron chi connectivity index (χ1n) is 10.2. The predicted octanol–water partition coefficient (Wildman–Crippen LogP) is 4.68. The van der Waals surface area contributed by atoms with Gasteiger partial charge >= 0.3 is 0 Å². The molecule has 3 aromatic rings. The Bertz CT molecular complexity index is 1160. The fraction of sp³-hybridized carbons (Fsp3) is 0.240. The molecular weight excluding hydrogens is 408 g/mol. The Morgan fingerprint density at radius 3 is 2.13 bits per heavy atom. The second-order valence-corrected chi connectivity index (χ2v) is 9.67. The molecule has 0 aliphatic heterocycles. The third-order valence-corrected chi connectivity index (χ3v) is 7.00. The largest absolute Gasteiger partial charge is 0.348 e. The SMILES string of the molecule is Cc1ccc(N(CC(=O)N[C@H](C)c2ccc(C)cc2C)S(=O)(=O)c2ccccc2)cc1. The van der Waals surface area contributed by atoms with Crippen LogP contribution in [0.25, 0.3) is 0 Å². The fourth-order valence-electron chi connectivity index (χ4n) is 3.55. The van der Waals surface area contributed by atoms with Crippen LogP contribution < -0.4 is 9.62 Å². The summed E-state index contributed by atoms with van der Waals surface area (Å²) in [4.78, 5) is 13.1. The summed E-state index contributed by atoms with van der Waals surface area (Å²) < 4.78 is 27.9. The molecule has 0 aromatic heterocycles. The summed E-state index contributed by atoms with van der Waals surface area (Å²) in [7, 11) is -3.90. The normalized spacial score (nSPS) is 12.3. The highest BCUT2D eigenvalue weighted by Crippen LogP contribution is 2.24. The summed E-state index contributed by atoms with van der Waals surface area (Å²) in [5.41, 5.74) is 4.70. The quantitative estimate of drug-likeness (QED) is 0.585. The van der Waals surface area contributed by atoms with Crippen LogP contribution in [0.1, 0.15) is 35.2 Å². The monoisotopic (exact) mass is 436 g/mol. The van der Waals surface area contributed by atoms with Gasteiger partial charge in [0, 0.05) is 0 Å². The second-order valence-electron chi connectivity index (χ2n) is 7.81. The summed E-state index contributed by atoms with van der Waals surface area (Å²) in [5, 5.41) is 2.95. The number of nitrogens with zero attached hydrogens (tertiary/aromatic N) is 1. The topological polar surface area (TPSA) is 66.5 Å². The van der Waals surface area contributed by atoms with E-state index < -0.39 is 10.0 Å². The first kappa shape index (κ1) is 22.6. The molecule has 0 aliphatic rings. The Morgan fingerprint density at radius 2 is 1.52 bits per heavy atom. The van der Waals surface area contributed by atoms with Gasteiger partial charge in [0.2, 0.25) is 5.91 Å². The molecule has 0 unspecified atom stereocenters. The summed E-state index contributed by atoms with van der Waals surface area (Å²) >= 11 is 0. The van der Waals surface area contributed by atoms with Gasteiger partial charge in [0.1, 0.15) is 6.54 Å². The van der Waals surface area contributed by atoms with Crippen LogP contribution >= 0.6 is 0 Å². The number of hydrogen-bond donors (Lipinski definition) is 1. The molecule has 3 rings (SSSR count). The molecular formula is C25H28N2O3S. The molecule has 0 radical (unpaired) electrons. The number of amides is 1. The van der Waals surface area contributed by atoms with Crippen LogP contribution in [0.5, 0.6) is 0 Å². The summed E-state index contributed by atoms with van der Waals surface area (Å²) in [6, 6.07) is 21.1. The molecule has 0 heterocycles. The number of nitrogens with one attached hydrogen (secondary N) is 1. The Labute approximate surface area is 184 Å². The van der Waals surface area contributed by atoms with Crippen LogP contribution in [-0.4, -0.2) is 20.9 Å². The molecule has 6 heteroatoms. The van der Waals surface area contributed by atoms with Gasteiger partial charge in [-0.15, -0.1) is 0 Å². The van der Waals surface area contributed by atoms with Gasteiger partial charge in [0.05, 0.1) is 16.6 Å². The fourth-order valence-corrected chi connectivity index (χ4v) is 4.99. The van der Waals surface area contributed by atoms with Crippen LogP contribution in [0.4, 0.5) is 5.69 Å². The van der Waals surface area contributed by atoms with Crippen molar-refractivity contribution in [1.29, 1.82) is 0 Å². The molecule has 5 nitrogen and oxygen atoms in total. The van der Waals surface area contributed by atoms with Gasteiger partial charge in [0.15, 0.2) is 0 Å². The van der Waals surface area contributed by atoms with Gasteiger partial charge in [-0.3, -0.25) is 9.10 Å². The van der Waals surface area contributed by atoms with Crippen molar-refractivity contribution in [1.82, 2.24) is 5.32 Å². The summed E-state index contributed by atoms with van der Waals surface area (Å²) in [6.45, 7) is 7.54. The number of benzene rings is 3. The molecule has 0 fully saturated rings. The van der Waals surface area contributed by atoms with Gasteiger partial charge in [-0.05, 0) is 63.1 Å².